The number of carbonyl (C=O) groups is 2. The Bertz CT molecular complexity index is 715. The van der Waals surface area contributed by atoms with Crippen LogP contribution in [-0.4, -0.2) is 20.8 Å². The first kappa shape index (κ1) is 14.2. The first-order chi connectivity index (χ1) is 9.43. The number of nitrogens with zero attached hydrogens (tertiary/aromatic N) is 1. The molecule has 5 nitrogen and oxygen atoms in total. The standard InChI is InChI=1S/C14H13NO4S/c1-8-12(11(16)10-6-4-3-5-7-10)20-15(13(8)17)9(2)14(18)19/h3-7,9H,1-2H3,(H,18,19). The summed E-state index contributed by atoms with van der Waals surface area (Å²) in [7, 11) is 0. The molecule has 0 amide bonds. The van der Waals surface area contributed by atoms with Crippen molar-refractivity contribution in [1.29, 1.82) is 0 Å². The van der Waals surface area contributed by atoms with Crippen molar-refractivity contribution >= 4 is 23.3 Å². The molecule has 0 saturated heterocycles. The van der Waals surface area contributed by atoms with Gasteiger partial charge in [-0.3, -0.25) is 9.59 Å². The molecule has 0 aliphatic carbocycles. The Balaban J connectivity index is 2.50. The van der Waals surface area contributed by atoms with E-state index in [1.54, 1.807) is 37.3 Å². The summed E-state index contributed by atoms with van der Waals surface area (Å²) < 4.78 is 1.12. The largest absolute Gasteiger partial charge is 0.480 e. The van der Waals surface area contributed by atoms with E-state index in [-0.39, 0.29) is 16.2 Å². The Morgan fingerprint density at radius 1 is 1.25 bits per heavy atom. The van der Waals surface area contributed by atoms with Crippen LogP contribution in [0, 0.1) is 6.92 Å². The van der Waals surface area contributed by atoms with Gasteiger partial charge in [-0.05, 0) is 13.8 Å². The van der Waals surface area contributed by atoms with Crippen molar-refractivity contribution < 1.29 is 14.7 Å². The fraction of sp³-hybridized carbons (Fsp3) is 0.214. The molecule has 0 bridgehead atoms. The second kappa shape index (κ2) is 5.42. The Morgan fingerprint density at radius 3 is 2.40 bits per heavy atom. The highest BCUT2D eigenvalue weighted by Crippen LogP contribution is 2.20. The Morgan fingerprint density at radius 2 is 1.85 bits per heavy atom. The summed E-state index contributed by atoms with van der Waals surface area (Å²) >= 11 is 0.899. The van der Waals surface area contributed by atoms with Crippen LogP contribution in [0.5, 0.6) is 0 Å². The summed E-state index contributed by atoms with van der Waals surface area (Å²) in [5.41, 5.74) is 0.341. The van der Waals surface area contributed by atoms with Crippen LogP contribution in [0.3, 0.4) is 0 Å². The predicted molar refractivity (Wildman–Crippen MR) is 75.5 cm³/mol. The molecule has 6 heteroatoms. The van der Waals surface area contributed by atoms with Gasteiger partial charge < -0.3 is 5.11 Å². The van der Waals surface area contributed by atoms with Crippen molar-refractivity contribution in [3.8, 4) is 0 Å². The first-order valence-electron chi connectivity index (χ1n) is 5.98. The minimum Gasteiger partial charge on any atom is -0.480 e. The van der Waals surface area contributed by atoms with Crippen LogP contribution in [0.4, 0.5) is 0 Å². The number of rotatable bonds is 4. The van der Waals surface area contributed by atoms with Crippen molar-refractivity contribution in [2.24, 2.45) is 0 Å². The molecule has 2 rings (SSSR count). The molecule has 20 heavy (non-hydrogen) atoms. The van der Waals surface area contributed by atoms with E-state index in [9.17, 15) is 14.4 Å². The molecular formula is C14H13NO4S. The second-order valence-corrected chi connectivity index (χ2v) is 5.37. The lowest BCUT2D eigenvalue weighted by Crippen LogP contribution is -2.24. The molecule has 0 aliphatic rings. The van der Waals surface area contributed by atoms with Crippen LogP contribution < -0.4 is 5.56 Å². The van der Waals surface area contributed by atoms with E-state index in [1.165, 1.54) is 6.92 Å². The van der Waals surface area contributed by atoms with Gasteiger partial charge in [0.05, 0.1) is 0 Å². The molecule has 0 radical (unpaired) electrons. The topological polar surface area (TPSA) is 76.4 Å². The lowest BCUT2D eigenvalue weighted by atomic mass is 10.1. The molecular weight excluding hydrogens is 278 g/mol. The average Bonchev–Trinajstić information content (AvgIpc) is 2.75. The summed E-state index contributed by atoms with van der Waals surface area (Å²) in [6.45, 7) is 2.95. The maximum absolute atomic E-state index is 12.3. The van der Waals surface area contributed by atoms with Crippen LogP contribution in [-0.2, 0) is 4.79 Å². The number of hydrogen-bond donors (Lipinski definition) is 1. The van der Waals surface area contributed by atoms with E-state index in [0.29, 0.717) is 5.56 Å². The van der Waals surface area contributed by atoms with Gasteiger partial charge in [-0.15, -0.1) is 0 Å². The SMILES string of the molecule is Cc1c(C(=O)c2ccccc2)sn(C(C)C(=O)O)c1=O. The fourth-order valence-electron chi connectivity index (χ4n) is 1.76. The highest BCUT2D eigenvalue weighted by atomic mass is 32.1. The summed E-state index contributed by atoms with van der Waals surface area (Å²) in [5.74, 6) is -1.37. The highest BCUT2D eigenvalue weighted by molar-refractivity contribution is 7.09. The van der Waals surface area contributed by atoms with E-state index in [2.05, 4.69) is 0 Å². The third kappa shape index (κ3) is 2.42. The molecule has 1 N–H and O–H groups in total. The zero-order valence-corrected chi connectivity index (χ0v) is 11.8. The average molecular weight is 291 g/mol. The molecule has 0 spiro atoms. The van der Waals surface area contributed by atoms with Gasteiger partial charge in [-0.2, -0.15) is 0 Å². The molecule has 2 aromatic rings. The van der Waals surface area contributed by atoms with Crippen LogP contribution in [0.25, 0.3) is 0 Å². The van der Waals surface area contributed by atoms with Crippen LogP contribution >= 0.6 is 11.5 Å². The molecule has 1 aromatic heterocycles. The maximum Gasteiger partial charge on any atom is 0.327 e. The number of hydrogen-bond acceptors (Lipinski definition) is 4. The van der Waals surface area contributed by atoms with Crippen molar-refractivity contribution in [3.05, 3.63) is 56.7 Å². The zero-order chi connectivity index (χ0) is 14.9. The van der Waals surface area contributed by atoms with Gasteiger partial charge in [-0.1, -0.05) is 41.9 Å². The zero-order valence-electron chi connectivity index (χ0n) is 11.0. The molecule has 1 unspecified atom stereocenters. The number of carbonyl (C=O) groups excluding carboxylic acids is 1. The van der Waals surface area contributed by atoms with Gasteiger partial charge in [0.2, 0.25) is 5.78 Å². The lowest BCUT2D eigenvalue weighted by Gasteiger charge is -2.04. The monoisotopic (exact) mass is 291 g/mol. The highest BCUT2D eigenvalue weighted by Gasteiger charge is 2.24. The molecule has 1 aromatic carbocycles. The Labute approximate surface area is 119 Å². The third-order valence-corrected chi connectivity index (χ3v) is 4.36. The summed E-state index contributed by atoms with van der Waals surface area (Å²) in [6, 6.07) is 7.62. The number of aliphatic carboxylic acids is 1. The van der Waals surface area contributed by atoms with Crippen LogP contribution in [0.2, 0.25) is 0 Å². The summed E-state index contributed by atoms with van der Waals surface area (Å²) in [4.78, 5) is 35.6. The number of carboxylic acid groups (broad SMARTS) is 1. The van der Waals surface area contributed by atoms with Gasteiger partial charge >= 0.3 is 5.97 Å². The van der Waals surface area contributed by atoms with E-state index < -0.39 is 17.6 Å². The fourth-order valence-corrected chi connectivity index (χ4v) is 2.85. The van der Waals surface area contributed by atoms with E-state index in [0.717, 1.165) is 15.5 Å². The smallest absolute Gasteiger partial charge is 0.327 e. The van der Waals surface area contributed by atoms with Gasteiger partial charge in [0.15, 0.2) is 0 Å². The number of benzene rings is 1. The van der Waals surface area contributed by atoms with Crippen molar-refractivity contribution in [1.82, 2.24) is 3.96 Å². The Hall–Kier alpha value is -2.21. The summed E-state index contributed by atoms with van der Waals surface area (Å²) in [5, 5.41) is 8.98. The molecule has 0 saturated carbocycles. The molecule has 0 fully saturated rings. The normalized spacial score (nSPS) is 12.1. The van der Waals surface area contributed by atoms with Gasteiger partial charge in [0.25, 0.3) is 5.56 Å². The quantitative estimate of drug-likeness (QED) is 0.875. The summed E-state index contributed by atoms with van der Waals surface area (Å²) in [6.07, 6.45) is 0. The van der Waals surface area contributed by atoms with Crippen molar-refractivity contribution in [2.75, 3.05) is 0 Å². The third-order valence-electron chi connectivity index (χ3n) is 3.00. The van der Waals surface area contributed by atoms with Gasteiger partial charge in [0.1, 0.15) is 10.9 Å². The predicted octanol–water partition coefficient (Wildman–Crippen LogP) is 2.09. The van der Waals surface area contributed by atoms with E-state index in [1.807, 2.05) is 0 Å². The first-order valence-corrected chi connectivity index (χ1v) is 6.75. The molecule has 104 valence electrons. The van der Waals surface area contributed by atoms with Gasteiger partial charge in [0, 0.05) is 11.1 Å². The molecule has 1 atom stereocenters. The Kier molecular flexibility index (Phi) is 3.85. The van der Waals surface area contributed by atoms with Crippen molar-refractivity contribution in [3.63, 3.8) is 0 Å². The minimum absolute atomic E-state index is 0.262. The number of ketones is 1. The number of aromatic nitrogens is 1. The number of carboxylic acids is 1. The lowest BCUT2D eigenvalue weighted by molar-refractivity contribution is -0.140. The molecule has 1 heterocycles. The van der Waals surface area contributed by atoms with Crippen molar-refractivity contribution in [2.45, 2.75) is 19.9 Å². The van der Waals surface area contributed by atoms with Crippen LogP contribution in [0.1, 0.15) is 33.8 Å². The van der Waals surface area contributed by atoms with Gasteiger partial charge in [-0.25, -0.2) is 8.75 Å². The maximum atomic E-state index is 12.3. The second-order valence-electron chi connectivity index (χ2n) is 4.39. The van der Waals surface area contributed by atoms with E-state index >= 15 is 0 Å². The van der Waals surface area contributed by atoms with Crippen LogP contribution in [0.15, 0.2) is 35.1 Å². The minimum atomic E-state index is -1.10. The van der Waals surface area contributed by atoms with E-state index in [4.69, 9.17) is 5.11 Å². The molecule has 0 aliphatic heterocycles.